The van der Waals surface area contributed by atoms with Crippen LogP contribution in [0.1, 0.15) is 33.5 Å². The Hall–Kier alpha value is -1.77. The highest BCUT2D eigenvalue weighted by Crippen LogP contribution is 2.32. The predicted molar refractivity (Wildman–Crippen MR) is 89.7 cm³/mol. The summed E-state index contributed by atoms with van der Waals surface area (Å²) in [6.07, 6.45) is 2.96. The lowest BCUT2D eigenvalue weighted by Crippen LogP contribution is -2.41. The Morgan fingerprint density at radius 3 is 2.83 bits per heavy atom. The van der Waals surface area contributed by atoms with Crippen LogP contribution in [0.5, 0.6) is 0 Å². The Morgan fingerprint density at radius 2 is 2.08 bits per heavy atom. The molecule has 1 aromatic carbocycles. The second-order valence-electron chi connectivity index (χ2n) is 5.90. The monoisotopic (exact) mass is 368 g/mol. The van der Waals surface area contributed by atoms with Gasteiger partial charge >= 0.3 is 0 Å². The molecule has 1 heterocycles. The molecule has 0 unspecified atom stereocenters. The molecular weight excluding hydrogens is 351 g/mol. The van der Waals surface area contributed by atoms with Crippen LogP contribution in [0.25, 0.3) is 0 Å². The summed E-state index contributed by atoms with van der Waals surface area (Å²) in [6, 6.07) is 6.79. The highest BCUT2D eigenvalue weighted by atomic mass is 32.2. The molecular formula is C16H17FN2O3S2. The fourth-order valence-electron chi connectivity index (χ4n) is 2.71. The maximum atomic E-state index is 13.6. The van der Waals surface area contributed by atoms with Gasteiger partial charge in [0.25, 0.3) is 15.9 Å². The molecule has 0 fully saturated rings. The maximum absolute atomic E-state index is 13.6. The van der Waals surface area contributed by atoms with Crippen molar-refractivity contribution >= 4 is 27.3 Å². The van der Waals surface area contributed by atoms with Gasteiger partial charge in [-0.15, -0.1) is 16.2 Å². The SMILES string of the molecule is C[C@@H]1CCc2sc(C(=O)NNS(=O)(=O)c3ccccc3F)cc2C1. The Kier molecular flexibility index (Phi) is 4.71. The lowest BCUT2D eigenvalue weighted by Gasteiger charge is -2.16. The summed E-state index contributed by atoms with van der Waals surface area (Å²) >= 11 is 1.37. The van der Waals surface area contributed by atoms with E-state index in [2.05, 4.69) is 12.3 Å². The number of thiophene rings is 1. The minimum Gasteiger partial charge on any atom is -0.273 e. The van der Waals surface area contributed by atoms with Crippen LogP contribution in [-0.4, -0.2) is 14.3 Å². The van der Waals surface area contributed by atoms with Gasteiger partial charge < -0.3 is 0 Å². The number of sulfonamides is 1. The summed E-state index contributed by atoms with van der Waals surface area (Å²) in [7, 11) is -4.16. The van der Waals surface area contributed by atoms with Gasteiger partial charge in [-0.05, 0) is 48.9 Å². The number of halogens is 1. The summed E-state index contributed by atoms with van der Waals surface area (Å²) in [5.41, 5.74) is 3.31. The standard InChI is InChI=1S/C16H17FN2O3S2/c1-10-6-7-13-11(8-10)9-14(23-13)16(20)18-19-24(21,22)15-5-3-2-4-12(15)17/h2-5,9-10,19H,6-8H2,1H3,(H,18,20)/t10-/m1/s1. The second-order valence-corrected chi connectivity index (χ2v) is 8.68. The van der Waals surface area contributed by atoms with Crippen molar-refractivity contribution in [1.29, 1.82) is 0 Å². The molecule has 1 amide bonds. The molecule has 0 bridgehead atoms. The normalized spacial score (nSPS) is 17.3. The van der Waals surface area contributed by atoms with E-state index in [1.807, 2.05) is 10.9 Å². The van der Waals surface area contributed by atoms with Gasteiger partial charge in [0.1, 0.15) is 10.7 Å². The maximum Gasteiger partial charge on any atom is 0.276 e. The summed E-state index contributed by atoms with van der Waals surface area (Å²) in [5.74, 6) is -0.829. The number of hydrogen-bond donors (Lipinski definition) is 2. The van der Waals surface area contributed by atoms with Crippen LogP contribution < -0.4 is 10.3 Å². The second kappa shape index (κ2) is 6.62. The molecule has 5 nitrogen and oxygen atoms in total. The van der Waals surface area contributed by atoms with E-state index in [4.69, 9.17) is 0 Å². The number of hydrogen-bond acceptors (Lipinski definition) is 4. The van der Waals surface area contributed by atoms with Gasteiger partial charge in [-0.1, -0.05) is 19.1 Å². The molecule has 0 radical (unpaired) electrons. The zero-order valence-corrected chi connectivity index (χ0v) is 14.6. The van der Waals surface area contributed by atoms with E-state index in [9.17, 15) is 17.6 Å². The van der Waals surface area contributed by atoms with Crippen molar-refractivity contribution in [3.8, 4) is 0 Å². The van der Waals surface area contributed by atoms with Crippen molar-refractivity contribution in [2.45, 2.75) is 31.1 Å². The van der Waals surface area contributed by atoms with Crippen molar-refractivity contribution in [2.75, 3.05) is 0 Å². The highest BCUT2D eigenvalue weighted by molar-refractivity contribution is 7.89. The van der Waals surface area contributed by atoms with Gasteiger partial charge in [0.2, 0.25) is 0 Å². The topological polar surface area (TPSA) is 75.3 Å². The molecule has 128 valence electrons. The third-order valence-corrected chi connectivity index (χ3v) is 6.49. The number of rotatable bonds is 4. The van der Waals surface area contributed by atoms with E-state index in [1.165, 1.54) is 28.3 Å². The van der Waals surface area contributed by atoms with E-state index in [0.717, 1.165) is 37.0 Å². The number of benzene rings is 1. The summed E-state index contributed by atoms with van der Waals surface area (Å²) < 4.78 is 37.7. The molecule has 1 aromatic heterocycles. The van der Waals surface area contributed by atoms with Crippen molar-refractivity contribution < 1.29 is 17.6 Å². The van der Waals surface area contributed by atoms with Gasteiger partial charge in [-0.2, -0.15) is 0 Å². The van der Waals surface area contributed by atoms with E-state index >= 15 is 0 Å². The van der Waals surface area contributed by atoms with E-state index < -0.39 is 26.6 Å². The molecule has 2 N–H and O–H groups in total. The lowest BCUT2D eigenvalue weighted by atomic mass is 9.90. The van der Waals surface area contributed by atoms with Crippen LogP contribution >= 0.6 is 11.3 Å². The van der Waals surface area contributed by atoms with E-state index in [-0.39, 0.29) is 0 Å². The third kappa shape index (κ3) is 3.50. The molecule has 1 aliphatic rings. The number of amides is 1. The largest absolute Gasteiger partial charge is 0.276 e. The summed E-state index contributed by atoms with van der Waals surface area (Å²) in [4.78, 5) is 15.2. The fraction of sp³-hybridized carbons (Fsp3) is 0.312. The predicted octanol–water partition coefficient (Wildman–Crippen LogP) is 2.64. The van der Waals surface area contributed by atoms with Gasteiger partial charge in [0.15, 0.2) is 0 Å². The van der Waals surface area contributed by atoms with Crippen molar-refractivity contribution in [1.82, 2.24) is 10.3 Å². The average molecular weight is 368 g/mol. The first-order valence-electron chi connectivity index (χ1n) is 7.55. The lowest BCUT2D eigenvalue weighted by molar-refractivity contribution is 0.0949. The molecule has 0 spiro atoms. The molecule has 1 aliphatic carbocycles. The van der Waals surface area contributed by atoms with Gasteiger partial charge in [0.05, 0.1) is 4.88 Å². The molecule has 1 atom stereocenters. The van der Waals surface area contributed by atoms with E-state index in [1.54, 1.807) is 0 Å². The number of carbonyl (C=O) groups excluding carboxylic acids is 1. The van der Waals surface area contributed by atoms with Crippen LogP contribution in [0.4, 0.5) is 4.39 Å². The number of carbonyl (C=O) groups is 1. The number of aryl methyl sites for hydroxylation is 1. The summed E-state index contributed by atoms with van der Waals surface area (Å²) in [6.45, 7) is 2.17. The van der Waals surface area contributed by atoms with E-state index in [0.29, 0.717) is 10.8 Å². The molecule has 0 aliphatic heterocycles. The first kappa shape index (κ1) is 17.1. The molecule has 8 heteroatoms. The molecule has 2 aromatic rings. The number of hydrazine groups is 1. The zero-order valence-electron chi connectivity index (χ0n) is 13.0. The fourth-order valence-corrected chi connectivity index (χ4v) is 4.73. The number of nitrogens with one attached hydrogen (secondary N) is 2. The van der Waals surface area contributed by atoms with Gasteiger partial charge in [-0.3, -0.25) is 10.2 Å². The summed E-state index contributed by atoms with van der Waals surface area (Å²) in [5, 5.41) is 0. The van der Waals surface area contributed by atoms with Gasteiger partial charge in [0, 0.05) is 4.88 Å². The highest BCUT2D eigenvalue weighted by Gasteiger charge is 2.23. The smallest absolute Gasteiger partial charge is 0.273 e. The molecule has 0 saturated heterocycles. The Labute approximate surface area is 143 Å². The molecule has 24 heavy (non-hydrogen) atoms. The quantitative estimate of drug-likeness (QED) is 0.815. The minimum atomic E-state index is -4.16. The average Bonchev–Trinajstić information content (AvgIpc) is 2.96. The Morgan fingerprint density at radius 1 is 1.33 bits per heavy atom. The van der Waals surface area contributed by atoms with Crippen LogP contribution in [-0.2, 0) is 22.9 Å². The third-order valence-electron chi connectivity index (χ3n) is 3.98. The first-order valence-corrected chi connectivity index (χ1v) is 9.85. The first-order chi connectivity index (χ1) is 11.4. The Bertz CT molecular complexity index is 877. The van der Waals surface area contributed by atoms with Crippen LogP contribution in [0.2, 0.25) is 0 Å². The van der Waals surface area contributed by atoms with Crippen LogP contribution in [0.15, 0.2) is 35.2 Å². The van der Waals surface area contributed by atoms with Crippen molar-refractivity contribution in [3.63, 3.8) is 0 Å². The molecule has 0 saturated carbocycles. The number of fused-ring (bicyclic) bond motifs is 1. The zero-order chi connectivity index (χ0) is 17.3. The van der Waals surface area contributed by atoms with Crippen molar-refractivity contribution in [3.05, 3.63) is 51.5 Å². The minimum absolute atomic E-state index is 0.449. The Balaban J connectivity index is 1.71. The van der Waals surface area contributed by atoms with Gasteiger partial charge in [-0.25, -0.2) is 12.8 Å². The van der Waals surface area contributed by atoms with Crippen LogP contribution in [0, 0.1) is 11.7 Å². The van der Waals surface area contributed by atoms with Crippen LogP contribution in [0.3, 0.4) is 0 Å². The molecule has 3 rings (SSSR count). The van der Waals surface area contributed by atoms with Crippen molar-refractivity contribution in [2.24, 2.45) is 5.92 Å².